The smallest absolute Gasteiger partial charge is 0.254 e. The van der Waals surface area contributed by atoms with Gasteiger partial charge in [0, 0.05) is 33.4 Å². The van der Waals surface area contributed by atoms with Crippen molar-refractivity contribution in [1.82, 2.24) is 14.8 Å². The maximum atomic E-state index is 11.8. The number of nitrogens with zero attached hydrogens (tertiary/aromatic N) is 3. The molecule has 1 unspecified atom stereocenters. The molecule has 0 spiro atoms. The van der Waals surface area contributed by atoms with Gasteiger partial charge < -0.3 is 20.2 Å². The van der Waals surface area contributed by atoms with Gasteiger partial charge in [-0.25, -0.2) is 4.98 Å². The molecule has 2 rings (SSSR count). The highest BCUT2D eigenvalue weighted by molar-refractivity contribution is 5.93. The highest BCUT2D eigenvalue weighted by atomic mass is 16.3. The van der Waals surface area contributed by atoms with Crippen LogP contribution in [0.15, 0.2) is 18.3 Å². The SMILES string of the molecule is CN(C)C(=O)c1ccc(NCC(O)CN2CCCCCC2)nc1. The molecule has 0 aliphatic carbocycles. The summed E-state index contributed by atoms with van der Waals surface area (Å²) in [6.07, 6.45) is 6.19. The van der Waals surface area contributed by atoms with Crippen LogP contribution in [0.5, 0.6) is 0 Å². The maximum Gasteiger partial charge on any atom is 0.254 e. The third-order valence-electron chi connectivity index (χ3n) is 4.10. The molecule has 6 nitrogen and oxygen atoms in total. The Morgan fingerprint density at radius 1 is 1.30 bits per heavy atom. The van der Waals surface area contributed by atoms with Crippen molar-refractivity contribution >= 4 is 11.7 Å². The summed E-state index contributed by atoms with van der Waals surface area (Å²) in [6, 6.07) is 3.52. The number of anilines is 1. The largest absolute Gasteiger partial charge is 0.390 e. The molecule has 1 aromatic rings. The Morgan fingerprint density at radius 2 is 2.00 bits per heavy atom. The van der Waals surface area contributed by atoms with Gasteiger partial charge in [-0.2, -0.15) is 0 Å². The summed E-state index contributed by atoms with van der Waals surface area (Å²) in [6.45, 7) is 3.32. The van der Waals surface area contributed by atoms with Gasteiger partial charge in [0.15, 0.2) is 0 Å². The van der Waals surface area contributed by atoms with Crippen molar-refractivity contribution in [1.29, 1.82) is 0 Å². The summed E-state index contributed by atoms with van der Waals surface area (Å²) in [7, 11) is 3.43. The van der Waals surface area contributed by atoms with Crippen LogP contribution in [0.3, 0.4) is 0 Å². The van der Waals surface area contributed by atoms with E-state index in [-0.39, 0.29) is 5.91 Å². The van der Waals surface area contributed by atoms with Gasteiger partial charge in [0.1, 0.15) is 5.82 Å². The zero-order chi connectivity index (χ0) is 16.7. The number of carbonyl (C=O) groups is 1. The fourth-order valence-electron chi connectivity index (χ4n) is 2.79. The van der Waals surface area contributed by atoms with Gasteiger partial charge in [-0.3, -0.25) is 4.79 Å². The number of aliphatic hydroxyl groups is 1. The molecule has 1 aromatic heterocycles. The van der Waals surface area contributed by atoms with Gasteiger partial charge in [0.05, 0.1) is 11.7 Å². The van der Waals surface area contributed by atoms with Gasteiger partial charge in [-0.15, -0.1) is 0 Å². The second kappa shape index (κ2) is 8.84. The van der Waals surface area contributed by atoms with E-state index in [1.165, 1.54) is 30.6 Å². The minimum absolute atomic E-state index is 0.0646. The van der Waals surface area contributed by atoms with Crippen molar-refractivity contribution in [2.75, 3.05) is 45.6 Å². The first-order valence-electron chi connectivity index (χ1n) is 8.38. The first-order chi connectivity index (χ1) is 11.1. The van der Waals surface area contributed by atoms with Crippen molar-refractivity contribution in [3.63, 3.8) is 0 Å². The summed E-state index contributed by atoms with van der Waals surface area (Å²) >= 11 is 0. The van der Waals surface area contributed by atoms with Crippen LogP contribution < -0.4 is 5.32 Å². The van der Waals surface area contributed by atoms with Crippen LogP contribution in [-0.4, -0.2) is 72.2 Å². The van der Waals surface area contributed by atoms with Crippen LogP contribution in [-0.2, 0) is 0 Å². The summed E-state index contributed by atoms with van der Waals surface area (Å²) in [5.74, 6) is 0.612. The first-order valence-corrected chi connectivity index (χ1v) is 8.38. The molecule has 2 heterocycles. The second-order valence-electron chi connectivity index (χ2n) is 6.38. The molecule has 0 saturated carbocycles. The second-order valence-corrected chi connectivity index (χ2v) is 6.38. The monoisotopic (exact) mass is 320 g/mol. The molecule has 1 saturated heterocycles. The topological polar surface area (TPSA) is 68.7 Å². The zero-order valence-corrected chi connectivity index (χ0v) is 14.2. The van der Waals surface area contributed by atoms with Gasteiger partial charge in [0.25, 0.3) is 5.91 Å². The molecule has 2 N–H and O–H groups in total. The fraction of sp³-hybridized carbons (Fsp3) is 0.647. The summed E-state index contributed by atoms with van der Waals surface area (Å²) in [5, 5.41) is 13.3. The van der Waals surface area contributed by atoms with E-state index in [1.807, 2.05) is 0 Å². The summed E-state index contributed by atoms with van der Waals surface area (Å²) in [5.41, 5.74) is 0.561. The van der Waals surface area contributed by atoms with Crippen LogP contribution in [0.2, 0.25) is 0 Å². The number of nitrogens with one attached hydrogen (secondary N) is 1. The van der Waals surface area contributed by atoms with Crippen molar-refractivity contribution in [3.8, 4) is 0 Å². The standard InChI is InChI=1S/C17H28N4O2/c1-20(2)17(23)14-7-8-16(18-11-14)19-12-15(22)13-21-9-5-3-4-6-10-21/h7-8,11,15,22H,3-6,9-10,12-13H2,1-2H3,(H,18,19). The maximum absolute atomic E-state index is 11.8. The van der Waals surface area contributed by atoms with E-state index in [0.717, 1.165) is 13.1 Å². The number of pyridine rings is 1. The van der Waals surface area contributed by atoms with Crippen LogP contribution >= 0.6 is 0 Å². The molecule has 1 atom stereocenters. The molecule has 23 heavy (non-hydrogen) atoms. The molecule has 1 aliphatic rings. The van der Waals surface area contributed by atoms with E-state index >= 15 is 0 Å². The number of aliphatic hydroxyl groups excluding tert-OH is 1. The number of β-amino-alcohol motifs (C(OH)–C–C–N with tert-alkyl or cyclic N) is 1. The molecule has 0 aromatic carbocycles. The molecule has 1 aliphatic heterocycles. The van der Waals surface area contributed by atoms with Gasteiger partial charge in [-0.1, -0.05) is 12.8 Å². The van der Waals surface area contributed by atoms with Crippen LogP contribution in [0.1, 0.15) is 36.0 Å². The minimum atomic E-state index is -0.419. The van der Waals surface area contributed by atoms with Gasteiger partial charge in [-0.05, 0) is 38.1 Å². The molecular weight excluding hydrogens is 292 g/mol. The minimum Gasteiger partial charge on any atom is -0.390 e. The number of carbonyl (C=O) groups excluding carboxylic acids is 1. The first kappa shape index (κ1) is 17.7. The Bertz CT molecular complexity index is 482. The number of rotatable bonds is 6. The number of likely N-dealkylation sites (tertiary alicyclic amines) is 1. The highest BCUT2D eigenvalue weighted by Crippen LogP contribution is 2.11. The molecule has 128 valence electrons. The predicted octanol–water partition coefficient (Wildman–Crippen LogP) is 1.43. The van der Waals surface area contributed by atoms with Crippen molar-refractivity contribution < 1.29 is 9.90 Å². The number of aromatic nitrogens is 1. The fourth-order valence-corrected chi connectivity index (χ4v) is 2.79. The lowest BCUT2D eigenvalue weighted by atomic mass is 10.2. The van der Waals surface area contributed by atoms with Gasteiger partial charge in [0.2, 0.25) is 0 Å². The van der Waals surface area contributed by atoms with E-state index in [1.54, 1.807) is 32.4 Å². The summed E-state index contributed by atoms with van der Waals surface area (Å²) < 4.78 is 0. The summed E-state index contributed by atoms with van der Waals surface area (Å²) in [4.78, 5) is 19.9. The van der Waals surface area contributed by atoms with E-state index in [9.17, 15) is 9.90 Å². The molecule has 1 fully saturated rings. The van der Waals surface area contributed by atoms with Crippen molar-refractivity contribution in [2.45, 2.75) is 31.8 Å². The zero-order valence-electron chi connectivity index (χ0n) is 14.2. The molecular formula is C17H28N4O2. The normalized spacial score (nSPS) is 17.3. The third-order valence-corrected chi connectivity index (χ3v) is 4.10. The van der Waals surface area contributed by atoms with E-state index in [4.69, 9.17) is 0 Å². The van der Waals surface area contributed by atoms with Crippen molar-refractivity contribution in [3.05, 3.63) is 23.9 Å². The van der Waals surface area contributed by atoms with E-state index in [0.29, 0.717) is 24.5 Å². The number of amides is 1. The lowest BCUT2D eigenvalue weighted by molar-refractivity contribution is 0.0827. The average Bonchev–Trinajstić information content (AvgIpc) is 2.81. The highest BCUT2D eigenvalue weighted by Gasteiger charge is 2.14. The van der Waals surface area contributed by atoms with Crippen LogP contribution in [0, 0.1) is 0 Å². The Morgan fingerprint density at radius 3 is 2.57 bits per heavy atom. The Hall–Kier alpha value is -1.66. The number of hydrogen-bond donors (Lipinski definition) is 2. The molecule has 0 bridgehead atoms. The van der Waals surface area contributed by atoms with Crippen molar-refractivity contribution in [2.24, 2.45) is 0 Å². The predicted molar refractivity (Wildman–Crippen MR) is 91.7 cm³/mol. The molecule has 0 radical (unpaired) electrons. The average molecular weight is 320 g/mol. The molecule has 6 heteroatoms. The Balaban J connectivity index is 1.77. The Labute approximate surface area is 138 Å². The quantitative estimate of drug-likeness (QED) is 0.830. The van der Waals surface area contributed by atoms with E-state index in [2.05, 4.69) is 15.2 Å². The Kier molecular flexibility index (Phi) is 6.80. The van der Waals surface area contributed by atoms with Crippen LogP contribution in [0.4, 0.5) is 5.82 Å². The lowest BCUT2D eigenvalue weighted by Crippen LogP contribution is -2.36. The molecule has 1 amide bonds. The van der Waals surface area contributed by atoms with E-state index < -0.39 is 6.10 Å². The van der Waals surface area contributed by atoms with Gasteiger partial charge >= 0.3 is 0 Å². The third kappa shape index (κ3) is 5.80. The number of hydrogen-bond acceptors (Lipinski definition) is 5. The van der Waals surface area contributed by atoms with Crippen LogP contribution in [0.25, 0.3) is 0 Å². The lowest BCUT2D eigenvalue weighted by Gasteiger charge is -2.23.